The monoisotopic (exact) mass is 214 g/mol. The van der Waals surface area contributed by atoms with Crippen LogP contribution in [0.4, 0.5) is 0 Å². The Morgan fingerprint density at radius 2 is 2.12 bits per heavy atom. The molecular weight excluding hydrogens is 196 g/mol. The van der Waals surface area contributed by atoms with Gasteiger partial charge in [-0.3, -0.25) is 0 Å². The average molecular weight is 214 g/mol. The van der Waals surface area contributed by atoms with E-state index in [9.17, 15) is 0 Å². The van der Waals surface area contributed by atoms with Crippen LogP contribution >= 0.6 is 0 Å². The van der Waals surface area contributed by atoms with Crippen molar-refractivity contribution in [2.24, 2.45) is 5.73 Å². The SMILES string of the molecule is NC1CC=C(C2NCc3ccccc32)CC1. The van der Waals surface area contributed by atoms with Gasteiger partial charge in [0.1, 0.15) is 0 Å². The first-order chi connectivity index (χ1) is 7.84. The van der Waals surface area contributed by atoms with E-state index < -0.39 is 0 Å². The molecule has 2 atom stereocenters. The van der Waals surface area contributed by atoms with Gasteiger partial charge in [0.15, 0.2) is 0 Å². The van der Waals surface area contributed by atoms with Gasteiger partial charge in [0, 0.05) is 12.6 Å². The van der Waals surface area contributed by atoms with Crippen molar-refractivity contribution in [1.29, 1.82) is 0 Å². The molecular formula is C14H18N2. The van der Waals surface area contributed by atoms with Crippen molar-refractivity contribution in [2.75, 3.05) is 0 Å². The Hall–Kier alpha value is -1.12. The fraction of sp³-hybridized carbons (Fsp3) is 0.429. The molecule has 2 nitrogen and oxygen atoms in total. The van der Waals surface area contributed by atoms with Crippen LogP contribution in [0.5, 0.6) is 0 Å². The minimum atomic E-state index is 0.375. The molecule has 1 heterocycles. The van der Waals surface area contributed by atoms with Crippen molar-refractivity contribution in [1.82, 2.24) is 5.32 Å². The van der Waals surface area contributed by atoms with E-state index in [1.165, 1.54) is 16.7 Å². The predicted octanol–water partition coefficient (Wildman–Crippen LogP) is 2.27. The lowest BCUT2D eigenvalue weighted by Crippen LogP contribution is -2.25. The molecule has 3 rings (SSSR count). The Balaban J connectivity index is 1.88. The summed E-state index contributed by atoms with van der Waals surface area (Å²) in [6.45, 7) is 1.00. The van der Waals surface area contributed by atoms with Crippen molar-refractivity contribution >= 4 is 0 Å². The largest absolute Gasteiger partial charge is 0.327 e. The summed E-state index contributed by atoms with van der Waals surface area (Å²) in [5, 5.41) is 3.60. The molecule has 1 aliphatic heterocycles. The van der Waals surface area contributed by atoms with Crippen molar-refractivity contribution < 1.29 is 0 Å². The Morgan fingerprint density at radius 3 is 2.94 bits per heavy atom. The highest BCUT2D eigenvalue weighted by Crippen LogP contribution is 2.34. The van der Waals surface area contributed by atoms with Gasteiger partial charge in [-0.15, -0.1) is 0 Å². The van der Waals surface area contributed by atoms with Gasteiger partial charge in [-0.1, -0.05) is 35.9 Å². The summed E-state index contributed by atoms with van der Waals surface area (Å²) in [7, 11) is 0. The van der Waals surface area contributed by atoms with E-state index in [0.29, 0.717) is 12.1 Å². The second-order valence-corrected chi connectivity index (χ2v) is 4.83. The maximum absolute atomic E-state index is 5.93. The zero-order valence-electron chi connectivity index (χ0n) is 9.45. The van der Waals surface area contributed by atoms with Gasteiger partial charge in [0.2, 0.25) is 0 Å². The molecule has 0 saturated heterocycles. The lowest BCUT2D eigenvalue weighted by molar-refractivity contribution is 0.539. The Kier molecular flexibility index (Phi) is 2.54. The third kappa shape index (κ3) is 1.68. The van der Waals surface area contributed by atoms with Crippen LogP contribution < -0.4 is 11.1 Å². The van der Waals surface area contributed by atoms with Crippen molar-refractivity contribution in [3.8, 4) is 0 Å². The van der Waals surface area contributed by atoms with Gasteiger partial charge in [0.25, 0.3) is 0 Å². The highest BCUT2D eigenvalue weighted by Gasteiger charge is 2.25. The minimum absolute atomic E-state index is 0.375. The Bertz CT molecular complexity index is 422. The summed E-state index contributed by atoms with van der Waals surface area (Å²) in [4.78, 5) is 0. The third-order valence-corrected chi connectivity index (χ3v) is 3.72. The van der Waals surface area contributed by atoms with Crippen LogP contribution in [0.1, 0.15) is 36.4 Å². The lowest BCUT2D eigenvalue weighted by Gasteiger charge is -2.23. The highest BCUT2D eigenvalue weighted by atomic mass is 14.9. The van der Waals surface area contributed by atoms with E-state index >= 15 is 0 Å². The molecule has 2 heteroatoms. The number of nitrogens with two attached hydrogens (primary N) is 1. The van der Waals surface area contributed by atoms with Gasteiger partial charge in [-0.05, 0) is 30.4 Å². The number of fused-ring (bicyclic) bond motifs is 1. The summed E-state index contributed by atoms with van der Waals surface area (Å²) in [5.41, 5.74) is 10.4. The summed E-state index contributed by atoms with van der Waals surface area (Å²) < 4.78 is 0. The van der Waals surface area contributed by atoms with E-state index in [1.54, 1.807) is 0 Å². The molecule has 0 saturated carbocycles. The molecule has 0 aromatic heterocycles. The first kappa shape index (κ1) is 10.1. The number of nitrogens with one attached hydrogen (secondary N) is 1. The molecule has 84 valence electrons. The molecule has 2 unspecified atom stereocenters. The minimum Gasteiger partial charge on any atom is -0.327 e. The van der Waals surface area contributed by atoms with E-state index in [1.807, 2.05) is 0 Å². The van der Waals surface area contributed by atoms with Crippen molar-refractivity contribution in [2.45, 2.75) is 37.9 Å². The number of rotatable bonds is 1. The van der Waals surface area contributed by atoms with E-state index in [2.05, 4.69) is 35.7 Å². The zero-order chi connectivity index (χ0) is 11.0. The molecule has 0 bridgehead atoms. The third-order valence-electron chi connectivity index (χ3n) is 3.72. The molecule has 1 aliphatic carbocycles. The number of hydrogen-bond donors (Lipinski definition) is 2. The fourth-order valence-corrected chi connectivity index (χ4v) is 2.77. The van der Waals surface area contributed by atoms with Gasteiger partial charge in [-0.25, -0.2) is 0 Å². The van der Waals surface area contributed by atoms with Gasteiger partial charge in [-0.2, -0.15) is 0 Å². The van der Waals surface area contributed by atoms with Crippen molar-refractivity contribution in [3.63, 3.8) is 0 Å². The quantitative estimate of drug-likeness (QED) is 0.704. The van der Waals surface area contributed by atoms with Gasteiger partial charge < -0.3 is 11.1 Å². The first-order valence-electron chi connectivity index (χ1n) is 6.10. The average Bonchev–Trinajstić information content (AvgIpc) is 2.74. The first-order valence-corrected chi connectivity index (χ1v) is 6.10. The lowest BCUT2D eigenvalue weighted by atomic mass is 9.88. The fourth-order valence-electron chi connectivity index (χ4n) is 2.77. The van der Waals surface area contributed by atoms with Crippen molar-refractivity contribution in [3.05, 3.63) is 47.0 Å². The van der Waals surface area contributed by atoms with Gasteiger partial charge in [0.05, 0.1) is 6.04 Å². The van der Waals surface area contributed by atoms with E-state index in [-0.39, 0.29) is 0 Å². The molecule has 0 radical (unpaired) electrons. The smallest absolute Gasteiger partial charge is 0.0541 e. The van der Waals surface area contributed by atoms with Crippen LogP contribution in [0.15, 0.2) is 35.9 Å². The van der Waals surface area contributed by atoms with Crippen LogP contribution in [-0.2, 0) is 6.54 Å². The molecule has 0 amide bonds. The Labute approximate surface area is 96.5 Å². The van der Waals surface area contributed by atoms with Crippen LogP contribution in [0.25, 0.3) is 0 Å². The van der Waals surface area contributed by atoms with Crippen LogP contribution in [0.2, 0.25) is 0 Å². The normalized spacial score (nSPS) is 28.7. The molecule has 3 N–H and O–H groups in total. The molecule has 16 heavy (non-hydrogen) atoms. The second kappa shape index (κ2) is 4.04. The molecule has 2 aliphatic rings. The zero-order valence-corrected chi connectivity index (χ0v) is 9.45. The summed E-state index contributed by atoms with van der Waals surface area (Å²) in [6.07, 6.45) is 5.66. The topological polar surface area (TPSA) is 38.0 Å². The molecule has 0 spiro atoms. The molecule has 1 aromatic carbocycles. The highest BCUT2D eigenvalue weighted by molar-refractivity contribution is 5.39. The van der Waals surface area contributed by atoms with E-state index in [0.717, 1.165) is 25.8 Å². The van der Waals surface area contributed by atoms with Crippen LogP contribution in [0.3, 0.4) is 0 Å². The number of hydrogen-bond acceptors (Lipinski definition) is 2. The molecule has 1 aromatic rings. The van der Waals surface area contributed by atoms with E-state index in [4.69, 9.17) is 5.73 Å². The summed E-state index contributed by atoms with van der Waals surface area (Å²) in [6, 6.07) is 9.54. The second-order valence-electron chi connectivity index (χ2n) is 4.83. The predicted molar refractivity (Wildman–Crippen MR) is 65.9 cm³/mol. The standard InChI is InChI=1S/C14H18N2/c15-12-7-5-10(6-8-12)14-13-4-2-1-3-11(13)9-16-14/h1-5,12,14,16H,6-9,15H2. The van der Waals surface area contributed by atoms with Crippen LogP contribution in [-0.4, -0.2) is 6.04 Å². The summed E-state index contributed by atoms with van der Waals surface area (Å²) in [5.74, 6) is 0. The number of benzene rings is 1. The maximum atomic E-state index is 5.93. The molecule has 0 fully saturated rings. The maximum Gasteiger partial charge on any atom is 0.0541 e. The summed E-state index contributed by atoms with van der Waals surface area (Å²) >= 11 is 0. The Morgan fingerprint density at radius 1 is 1.25 bits per heavy atom. The van der Waals surface area contributed by atoms with Gasteiger partial charge >= 0.3 is 0 Å². The van der Waals surface area contributed by atoms with Crippen LogP contribution in [0, 0.1) is 0 Å².